The van der Waals surface area contributed by atoms with Gasteiger partial charge in [0.15, 0.2) is 0 Å². The molecule has 0 saturated carbocycles. The SMILES string of the molecule is Cc1nn(-c2ccccc2)c(C)c1CC(=O)NCc1ccccc1N. The van der Waals surface area contributed by atoms with Gasteiger partial charge < -0.3 is 11.1 Å². The predicted molar refractivity (Wildman–Crippen MR) is 99.4 cm³/mol. The molecule has 2 aromatic carbocycles. The van der Waals surface area contributed by atoms with E-state index < -0.39 is 0 Å². The molecule has 1 amide bonds. The first-order chi connectivity index (χ1) is 12.1. The van der Waals surface area contributed by atoms with E-state index in [-0.39, 0.29) is 5.91 Å². The summed E-state index contributed by atoms with van der Waals surface area (Å²) in [4.78, 5) is 12.4. The number of nitrogens with zero attached hydrogens (tertiary/aromatic N) is 2. The fourth-order valence-corrected chi connectivity index (χ4v) is 2.86. The van der Waals surface area contributed by atoms with Crippen LogP contribution in [0.25, 0.3) is 5.69 Å². The number of nitrogens with two attached hydrogens (primary N) is 1. The van der Waals surface area contributed by atoms with Crippen molar-refractivity contribution in [1.29, 1.82) is 0 Å². The van der Waals surface area contributed by atoms with Crippen molar-refractivity contribution in [2.45, 2.75) is 26.8 Å². The van der Waals surface area contributed by atoms with Gasteiger partial charge in [0.25, 0.3) is 0 Å². The molecule has 3 rings (SSSR count). The van der Waals surface area contributed by atoms with E-state index in [4.69, 9.17) is 5.73 Å². The first-order valence-corrected chi connectivity index (χ1v) is 8.27. The summed E-state index contributed by atoms with van der Waals surface area (Å²) in [6, 6.07) is 17.5. The van der Waals surface area contributed by atoms with Crippen molar-refractivity contribution in [1.82, 2.24) is 15.1 Å². The van der Waals surface area contributed by atoms with Crippen LogP contribution in [0.5, 0.6) is 0 Å². The number of benzene rings is 2. The highest BCUT2D eigenvalue weighted by Crippen LogP contribution is 2.18. The van der Waals surface area contributed by atoms with Gasteiger partial charge in [-0.25, -0.2) is 4.68 Å². The van der Waals surface area contributed by atoms with Crippen molar-refractivity contribution in [3.8, 4) is 5.69 Å². The molecule has 0 aliphatic carbocycles. The molecule has 0 unspecified atom stereocenters. The lowest BCUT2D eigenvalue weighted by molar-refractivity contribution is -0.120. The third kappa shape index (κ3) is 3.71. The Bertz CT molecular complexity index is 884. The molecule has 3 N–H and O–H groups in total. The quantitative estimate of drug-likeness (QED) is 0.705. The Morgan fingerprint density at radius 1 is 1.08 bits per heavy atom. The summed E-state index contributed by atoms with van der Waals surface area (Å²) >= 11 is 0. The zero-order valence-electron chi connectivity index (χ0n) is 14.5. The summed E-state index contributed by atoms with van der Waals surface area (Å²) in [5.74, 6) is -0.0398. The van der Waals surface area contributed by atoms with Gasteiger partial charge in [-0.15, -0.1) is 0 Å². The number of carbonyl (C=O) groups excluding carboxylic acids is 1. The zero-order chi connectivity index (χ0) is 17.8. The van der Waals surface area contributed by atoms with Crippen molar-refractivity contribution in [2.24, 2.45) is 0 Å². The van der Waals surface area contributed by atoms with Gasteiger partial charge in [0.2, 0.25) is 5.91 Å². The number of aromatic nitrogens is 2. The van der Waals surface area contributed by atoms with Gasteiger partial charge in [-0.2, -0.15) is 5.10 Å². The average Bonchev–Trinajstić information content (AvgIpc) is 2.90. The fraction of sp³-hybridized carbons (Fsp3) is 0.200. The van der Waals surface area contributed by atoms with Crippen LogP contribution in [0, 0.1) is 13.8 Å². The van der Waals surface area contributed by atoms with E-state index in [1.165, 1.54) is 0 Å². The number of carbonyl (C=O) groups is 1. The molecule has 0 spiro atoms. The lowest BCUT2D eigenvalue weighted by Gasteiger charge is -2.08. The first kappa shape index (κ1) is 16.8. The molecule has 0 fully saturated rings. The van der Waals surface area contributed by atoms with E-state index in [2.05, 4.69) is 10.4 Å². The highest BCUT2D eigenvalue weighted by molar-refractivity contribution is 5.79. The first-order valence-electron chi connectivity index (χ1n) is 8.27. The maximum atomic E-state index is 12.4. The number of anilines is 1. The van der Waals surface area contributed by atoms with Crippen molar-refractivity contribution >= 4 is 11.6 Å². The highest BCUT2D eigenvalue weighted by atomic mass is 16.1. The van der Waals surface area contributed by atoms with Crippen LogP contribution in [0.1, 0.15) is 22.5 Å². The predicted octanol–water partition coefficient (Wildman–Crippen LogP) is 2.93. The summed E-state index contributed by atoms with van der Waals surface area (Å²) in [5.41, 5.74) is 11.3. The van der Waals surface area contributed by atoms with Crippen molar-refractivity contribution in [3.63, 3.8) is 0 Å². The minimum Gasteiger partial charge on any atom is -0.398 e. The van der Waals surface area contributed by atoms with Crippen LogP contribution in [0.2, 0.25) is 0 Å². The number of hydrogen-bond acceptors (Lipinski definition) is 3. The topological polar surface area (TPSA) is 72.9 Å². The molecular formula is C20H22N4O. The highest BCUT2D eigenvalue weighted by Gasteiger charge is 2.15. The van der Waals surface area contributed by atoms with Crippen LogP contribution in [0.3, 0.4) is 0 Å². The Labute approximate surface area is 147 Å². The molecule has 25 heavy (non-hydrogen) atoms. The van der Waals surface area contributed by atoms with Crippen molar-refractivity contribution in [2.75, 3.05) is 5.73 Å². The lowest BCUT2D eigenvalue weighted by atomic mass is 10.1. The molecule has 0 atom stereocenters. The van der Waals surface area contributed by atoms with Crippen LogP contribution < -0.4 is 11.1 Å². The van der Waals surface area contributed by atoms with Crippen LogP contribution in [0.15, 0.2) is 54.6 Å². The molecular weight excluding hydrogens is 312 g/mol. The molecule has 0 aliphatic heterocycles. The molecule has 5 heteroatoms. The number of nitrogens with one attached hydrogen (secondary N) is 1. The summed E-state index contributed by atoms with van der Waals surface area (Å²) in [7, 11) is 0. The normalized spacial score (nSPS) is 10.6. The van der Waals surface area contributed by atoms with E-state index in [1.807, 2.05) is 73.1 Å². The summed E-state index contributed by atoms with van der Waals surface area (Å²) in [6.45, 7) is 4.35. The summed E-state index contributed by atoms with van der Waals surface area (Å²) in [6.07, 6.45) is 0.303. The Balaban J connectivity index is 1.72. The molecule has 1 heterocycles. The standard InChI is InChI=1S/C20H22N4O/c1-14-18(15(2)24(23-14)17-9-4-3-5-10-17)12-20(25)22-13-16-8-6-7-11-19(16)21/h3-11H,12-13,21H2,1-2H3,(H,22,25). The van der Waals surface area contributed by atoms with Crippen molar-refractivity contribution < 1.29 is 4.79 Å². The number of aryl methyl sites for hydroxylation is 1. The Hall–Kier alpha value is -3.08. The number of amides is 1. The van der Waals surface area contributed by atoms with E-state index in [0.717, 1.165) is 28.2 Å². The van der Waals surface area contributed by atoms with Crippen LogP contribution >= 0.6 is 0 Å². The average molecular weight is 334 g/mol. The second kappa shape index (κ2) is 7.21. The van der Waals surface area contributed by atoms with Gasteiger partial charge in [0.1, 0.15) is 0 Å². The van der Waals surface area contributed by atoms with Gasteiger partial charge in [-0.3, -0.25) is 4.79 Å². The summed E-state index contributed by atoms with van der Waals surface area (Å²) in [5, 5.41) is 7.52. The van der Waals surface area contributed by atoms with Gasteiger partial charge in [0.05, 0.1) is 17.8 Å². The molecule has 5 nitrogen and oxygen atoms in total. The number of nitrogen functional groups attached to an aromatic ring is 1. The maximum Gasteiger partial charge on any atom is 0.224 e. The van der Waals surface area contributed by atoms with E-state index in [0.29, 0.717) is 18.7 Å². The molecule has 0 saturated heterocycles. The largest absolute Gasteiger partial charge is 0.398 e. The summed E-state index contributed by atoms with van der Waals surface area (Å²) < 4.78 is 1.88. The molecule has 0 aliphatic rings. The fourth-order valence-electron chi connectivity index (χ4n) is 2.86. The van der Waals surface area contributed by atoms with Gasteiger partial charge in [-0.1, -0.05) is 36.4 Å². The number of hydrogen-bond donors (Lipinski definition) is 2. The minimum absolute atomic E-state index is 0.0398. The van der Waals surface area contributed by atoms with Crippen LogP contribution in [-0.2, 0) is 17.8 Å². The molecule has 0 radical (unpaired) electrons. The van der Waals surface area contributed by atoms with Crippen LogP contribution in [-0.4, -0.2) is 15.7 Å². The van der Waals surface area contributed by atoms with Crippen molar-refractivity contribution in [3.05, 3.63) is 77.1 Å². The number of rotatable bonds is 5. The Morgan fingerprint density at radius 3 is 2.48 bits per heavy atom. The van der Waals surface area contributed by atoms with Crippen LogP contribution in [0.4, 0.5) is 5.69 Å². The third-order valence-corrected chi connectivity index (χ3v) is 4.31. The molecule has 0 bridgehead atoms. The maximum absolute atomic E-state index is 12.4. The number of para-hydroxylation sites is 2. The monoisotopic (exact) mass is 334 g/mol. The lowest BCUT2D eigenvalue weighted by Crippen LogP contribution is -2.25. The second-order valence-electron chi connectivity index (χ2n) is 6.05. The van der Waals surface area contributed by atoms with Gasteiger partial charge in [-0.05, 0) is 37.6 Å². The molecule has 1 aromatic heterocycles. The van der Waals surface area contributed by atoms with Gasteiger partial charge in [0, 0.05) is 23.5 Å². The Kier molecular flexibility index (Phi) is 4.84. The minimum atomic E-state index is -0.0398. The zero-order valence-corrected chi connectivity index (χ0v) is 14.5. The van der Waals surface area contributed by atoms with E-state index in [1.54, 1.807) is 0 Å². The third-order valence-electron chi connectivity index (χ3n) is 4.31. The van der Waals surface area contributed by atoms with E-state index >= 15 is 0 Å². The molecule has 128 valence electrons. The smallest absolute Gasteiger partial charge is 0.224 e. The van der Waals surface area contributed by atoms with Gasteiger partial charge >= 0.3 is 0 Å². The Morgan fingerprint density at radius 2 is 1.76 bits per heavy atom. The molecule has 3 aromatic rings. The second-order valence-corrected chi connectivity index (χ2v) is 6.05. The van der Waals surface area contributed by atoms with E-state index in [9.17, 15) is 4.79 Å².